The molecular weight excluding hydrogens is 368 g/mol. The number of hydrogen-bond donors (Lipinski definition) is 1. The highest BCUT2D eigenvalue weighted by molar-refractivity contribution is 7.22. The SMILES string of the molecule is Cc1nc(-c2cccs2)sc1C(=O)NC(C)(C)c1noc(C(C)(C)C)n1. The summed E-state index contributed by atoms with van der Waals surface area (Å²) in [5.41, 5.74) is -0.283. The molecule has 0 aliphatic rings. The number of aromatic nitrogens is 3. The Morgan fingerprint density at radius 2 is 1.92 bits per heavy atom. The van der Waals surface area contributed by atoms with Gasteiger partial charge in [-0.2, -0.15) is 4.98 Å². The van der Waals surface area contributed by atoms with Gasteiger partial charge in [0, 0.05) is 5.41 Å². The standard InChI is InChI=1S/C18H22N4O2S2/c1-10-12(26-14(19-10)11-8-7-9-25-11)13(23)21-18(5,6)15-20-16(24-22-15)17(2,3)4/h7-9H,1-6H3,(H,21,23). The van der Waals surface area contributed by atoms with Crippen LogP contribution in [0.5, 0.6) is 0 Å². The first kappa shape index (κ1) is 18.7. The van der Waals surface area contributed by atoms with Crippen LogP contribution in [0.25, 0.3) is 9.88 Å². The van der Waals surface area contributed by atoms with Gasteiger partial charge in [-0.1, -0.05) is 32.0 Å². The van der Waals surface area contributed by atoms with Gasteiger partial charge in [-0.05, 0) is 32.2 Å². The molecule has 0 aliphatic carbocycles. The Morgan fingerprint density at radius 1 is 1.19 bits per heavy atom. The van der Waals surface area contributed by atoms with Crippen molar-refractivity contribution in [2.45, 2.75) is 52.5 Å². The molecule has 0 radical (unpaired) electrons. The van der Waals surface area contributed by atoms with E-state index in [-0.39, 0.29) is 11.3 Å². The largest absolute Gasteiger partial charge is 0.339 e. The Bertz CT molecular complexity index is 918. The third kappa shape index (κ3) is 3.71. The van der Waals surface area contributed by atoms with E-state index in [0.29, 0.717) is 16.6 Å². The summed E-state index contributed by atoms with van der Waals surface area (Å²) in [4.78, 5) is 23.5. The molecule has 8 heteroatoms. The van der Waals surface area contributed by atoms with Gasteiger partial charge in [0.25, 0.3) is 5.91 Å². The molecule has 0 atom stereocenters. The van der Waals surface area contributed by atoms with Crippen molar-refractivity contribution < 1.29 is 9.32 Å². The zero-order valence-corrected chi connectivity index (χ0v) is 17.3. The number of aryl methyl sites for hydroxylation is 1. The molecule has 3 aromatic heterocycles. The van der Waals surface area contributed by atoms with Crippen molar-refractivity contribution in [3.05, 3.63) is 39.8 Å². The number of hydrogen-bond acceptors (Lipinski definition) is 7. The van der Waals surface area contributed by atoms with Gasteiger partial charge in [0.15, 0.2) is 5.82 Å². The van der Waals surface area contributed by atoms with Gasteiger partial charge in [0.05, 0.1) is 16.1 Å². The second kappa shape index (κ2) is 6.59. The van der Waals surface area contributed by atoms with Crippen molar-refractivity contribution in [3.63, 3.8) is 0 Å². The number of carbonyl (C=O) groups is 1. The van der Waals surface area contributed by atoms with E-state index in [2.05, 4.69) is 20.4 Å². The van der Waals surface area contributed by atoms with Crippen LogP contribution in [0.1, 0.15) is 61.7 Å². The summed E-state index contributed by atoms with van der Waals surface area (Å²) in [6, 6.07) is 3.98. The van der Waals surface area contributed by atoms with E-state index < -0.39 is 5.54 Å². The van der Waals surface area contributed by atoms with Gasteiger partial charge in [-0.3, -0.25) is 4.79 Å². The quantitative estimate of drug-likeness (QED) is 0.708. The van der Waals surface area contributed by atoms with Crippen LogP contribution in [0.3, 0.4) is 0 Å². The molecular formula is C18H22N4O2S2. The highest BCUT2D eigenvalue weighted by atomic mass is 32.1. The number of nitrogens with zero attached hydrogens (tertiary/aromatic N) is 3. The van der Waals surface area contributed by atoms with Gasteiger partial charge in [-0.15, -0.1) is 22.7 Å². The van der Waals surface area contributed by atoms with Crippen molar-refractivity contribution in [2.75, 3.05) is 0 Å². The summed E-state index contributed by atoms with van der Waals surface area (Å²) in [5.74, 6) is 0.815. The molecule has 0 saturated carbocycles. The van der Waals surface area contributed by atoms with Crippen LogP contribution in [0.15, 0.2) is 22.0 Å². The number of nitrogens with one attached hydrogen (secondary N) is 1. The van der Waals surface area contributed by atoms with Crippen molar-refractivity contribution >= 4 is 28.6 Å². The predicted octanol–water partition coefficient (Wildman–Crippen LogP) is 4.53. The van der Waals surface area contributed by atoms with Gasteiger partial charge in [-0.25, -0.2) is 4.98 Å². The maximum atomic E-state index is 12.8. The fraction of sp³-hybridized carbons (Fsp3) is 0.444. The monoisotopic (exact) mass is 390 g/mol. The van der Waals surface area contributed by atoms with E-state index in [1.54, 1.807) is 11.3 Å². The summed E-state index contributed by atoms with van der Waals surface area (Å²) in [5, 5.41) is 9.92. The fourth-order valence-electron chi connectivity index (χ4n) is 2.29. The van der Waals surface area contributed by atoms with E-state index in [0.717, 1.165) is 15.6 Å². The first-order valence-corrected chi connectivity index (χ1v) is 9.96. The summed E-state index contributed by atoms with van der Waals surface area (Å²) >= 11 is 3.00. The average molecular weight is 391 g/mol. The smallest absolute Gasteiger partial charge is 0.264 e. The molecule has 1 N–H and O–H groups in total. The maximum Gasteiger partial charge on any atom is 0.264 e. The Labute approximate surface area is 160 Å². The summed E-state index contributed by atoms with van der Waals surface area (Å²) < 4.78 is 5.36. The van der Waals surface area contributed by atoms with E-state index in [1.165, 1.54) is 11.3 Å². The van der Waals surface area contributed by atoms with Gasteiger partial charge in [0.1, 0.15) is 9.88 Å². The lowest BCUT2D eigenvalue weighted by atomic mass is 9.97. The lowest BCUT2D eigenvalue weighted by molar-refractivity contribution is 0.0911. The first-order valence-electron chi connectivity index (χ1n) is 8.26. The minimum atomic E-state index is -0.760. The van der Waals surface area contributed by atoms with Crippen LogP contribution < -0.4 is 5.32 Å². The third-order valence-corrected chi connectivity index (χ3v) is 5.98. The normalized spacial score (nSPS) is 12.4. The zero-order chi connectivity index (χ0) is 19.1. The Balaban J connectivity index is 1.82. The van der Waals surface area contributed by atoms with Crippen molar-refractivity contribution in [1.82, 2.24) is 20.4 Å². The van der Waals surface area contributed by atoms with E-state index in [1.807, 2.05) is 59.1 Å². The number of thiophene rings is 1. The summed E-state index contributed by atoms with van der Waals surface area (Å²) in [7, 11) is 0. The Hall–Kier alpha value is -2.06. The van der Waals surface area contributed by atoms with E-state index in [4.69, 9.17) is 4.52 Å². The Kier molecular flexibility index (Phi) is 4.74. The van der Waals surface area contributed by atoms with Crippen LogP contribution in [-0.4, -0.2) is 21.0 Å². The molecule has 6 nitrogen and oxygen atoms in total. The topological polar surface area (TPSA) is 80.9 Å². The number of carbonyl (C=O) groups excluding carboxylic acids is 1. The van der Waals surface area contributed by atoms with Crippen LogP contribution >= 0.6 is 22.7 Å². The number of thiazole rings is 1. The van der Waals surface area contributed by atoms with Crippen LogP contribution in [0.2, 0.25) is 0 Å². The molecule has 0 bridgehead atoms. The number of rotatable bonds is 4. The second-order valence-corrected chi connectivity index (χ2v) is 9.61. The highest BCUT2D eigenvalue weighted by Crippen LogP contribution is 2.32. The van der Waals surface area contributed by atoms with Crippen LogP contribution in [0, 0.1) is 6.92 Å². The molecule has 3 rings (SSSR count). The van der Waals surface area contributed by atoms with Gasteiger partial charge in [0.2, 0.25) is 5.89 Å². The van der Waals surface area contributed by atoms with Crippen molar-refractivity contribution in [2.24, 2.45) is 0 Å². The molecule has 3 heterocycles. The van der Waals surface area contributed by atoms with Crippen molar-refractivity contribution in [1.29, 1.82) is 0 Å². The number of amides is 1. The molecule has 0 fully saturated rings. The lowest BCUT2D eigenvalue weighted by Crippen LogP contribution is -2.41. The molecule has 0 spiro atoms. The van der Waals surface area contributed by atoms with E-state index >= 15 is 0 Å². The molecule has 0 aromatic carbocycles. The van der Waals surface area contributed by atoms with E-state index in [9.17, 15) is 4.79 Å². The lowest BCUT2D eigenvalue weighted by Gasteiger charge is -2.22. The zero-order valence-electron chi connectivity index (χ0n) is 15.7. The highest BCUT2D eigenvalue weighted by Gasteiger charge is 2.32. The Morgan fingerprint density at radius 3 is 2.50 bits per heavy atom. The van der Waals surface area contributed by atoms with Crippen molar-refractivity contribution in [3.8, 4) is 9.88 Å². The minimum absolute atomic E-state index is 0.185. The maximum absolute atomic E-state index is 12.8. The molecule has 3 aromatic rings. The summed E-state index contributed by atoms with van der Waals surface area (Å²) in [6.07, 6.45) is 0. The molecule has 0 saturated heterocycles. The first-order chi connectivity index (χ1) is 12.1. The van der Waals surface area contributed by atoms with Gasteiger partial charge >= 0.3 is 0 Å². The fourth-order valence-corrected chi connectivity index (χ4v) is 4.05. The van der Waals surface area contributed by atoms with Crippen LogP contribution in [0.4, 0.5) is 0 Å². The average Bonchev–Trinajstić information content (AvgIpc) is 3.26. The molecule has 0 unspecified atom stereocenters. The van der Waals surface area contributed by atoms with Gasteiger partial charge < -0.3 is 9.84 Å². The summed E-state index contributed by atoms with van der Waals surface area (Å²) in [6.45, 7) is 11.6. The van der Waals surface area contributed by atoms with Crippen LogP contribution in [-0.2, 0) is 11.0 Å². The molecule has 0 aliphatic heterocycles. The molecule has 1 amide bonds. The predicted molar refractivity (Wildman–Crippen MR) is 104 cm³/mol. The molecule has 138 valence electrons. The molecule has 26 heavy (non-hydrogen) atoms. The third-order valence-electron chi connectivity index (χ3n) is 3.79. The second-order valence-electron chi connectivity index (χ2n) is 7.66. The minimum Gasteiger partial charge on any atom is -0.339 e.